The molecule has 1 aromatic rings. The molecule has 0 radical (unpaired) electrons. The van der Waals surface area contributed by atoms with Gasteiger partial charge < -0.3 is 6.74 Å². The van der Waals surface area contributed by atoms with E-state index in [4.69, 9.17) is 4.55 Å². The van der Waals surface area contributed by atoms with Gasteiger partial charge in [-0.2, -0.15) is 8.42 Å². The molecule has 0 aliphatic heterocycles. The fourth-order valence-corrected chi connectivity index (χ4v) is 2.47. The van der Waals surface area contributed by atoms with E-state index in [0.717, 1.165) is 44.3 Å². The smallest absolute Gasteiger partial charge is 1.00 e. The number of hydrogen-bond acceptors (Lipinski definition) is 3. The van der Waals surface area contributed by atoms with E-state index in [1.807, 2.05) is 18.2 Å². The molecule has 0 aliphatic carbocycles. The van der Waals surface area contributed by atoms with E-state index >= 15 is 0 Å². The molecule has 0 heterocycles. The molecule has 0 saturated heterocycles. The summed E-state index contributed by atoms with van der Waals surface area (Å²) in [4.78, 5) is 0. The van der Waals surface area contributed by atoms with Crippen LogP contribution in [0.25, 0.3) is 0 Å². The quantitative estimate of drug-likeness (QED) is 0.374. The Balaban J connectivity index is 0. The minimum atomic E-state index is -3.77. The maximum absolute atomic E-state index is 10.5. The van der Waals surface area contributed by atoms with Crippen LogP contribution in [-0.4, -0.2) is 25.3 Å². The molecule has 0 amide bonds. The second-order valence-electron chi connectivity index (χ2n) is 4.70. The molecule has 0 atom stereocenters. The Bertz CT molecular complexity index is 443. The minimum absolute atomic E-state index is 0. The summed E-state index contributed by atoms with van der Waals surface area (Å²) >= 11 is 0. The largest absolute Gasteiger partial charge is 1.00 e. The summed E-state index contributed by atoms with van der Waals surface area (Å²) in [6.07, 6.45) is 5.83. The Morgan fingerprint density at radius 3 is 2.10 bits per heavy atom. The number of nitrogens with one attached hydrogen (secondary N) is 1. The van der Waals surface area contributed by atoms with E-state index in [-0.39, 0.29) is 36.7 Å². The van der Waals surface area contributed by atoms with E-state index in [1.165, 1.54) is 0 Å². The van der Waals surface area contributed by atoms with Gasteiger partial charge in [0.25, 0.3) is 10.1 Å². The molecule has 20 heavy (non-hydrogen) atoms. The first-order valence-electron chi connectivity index (χ1n) is 6.82. The molecule has 0 aliphatic rings. The molecule has 2 N–H and O–H groups in total. The third kappa shape index (κ3) is 11.7. The van der Waals surface area contributed by atoms with Crippen molar-refractivity contribution in [2.75, 3.05) is 17.6 Å². The van der Waals surface area contributed by atoms with Crippen LogP contribution in [-0.2, 0) is 10.1 Å². The van der Waals surface area contributed by atoms with Gasteiger partial charge in [0.1, 0.15) is 0 Å². The molecular formula is C14H24NNaO3S. The second-order valence-corrected chi connectivity index (χ2v) is 6.27. The van der Waals surface area contributed by atoms with Gasteiger partial charge in [-0.25, -0.2) is 0 Å². The van der Waals surface area contributed by atoms with Gasteiger partial charge in [0.05, 0.1) is 5.75 Å². The molecule has 0 saturated carbocycles. The van der Waals surface area contributed by atoms with Crippen LogP contribution in [0.3, 0.4) is 0 Å². The zero-order valence-electron chi connectivity index (χ0n) is 13.2. The zero-order chi connectivity index (χ0) is 14.0. The Hall–Kier alpha value is -0.0700. The standard InChI is InChI=1S/C14H23NO3S.Na.H/c16-19(17,18)13-9-4-2-1-3-8-12-15-14-10-6-5-7-11-14;;/h5-7,10-11,15H,1-4,8-9,12-13H2,(H,16,17,18);;/q;+1;-1. The van der Waals surface area contributed by atoms with E-state index in [0.29, 0.717) is 6.42 Å². The number of rotatable bonds is 10. The maximum atomic E-state index is 10.5. The summed E-state index contributed by atoms with van der Waals surface area (Å²) < 4.78 is 29.5. The van der Waals surface area contributed by atoms with E-state index in [1.54, 1.807) is 0 Å². The average molecular weight is 309 g/mol. The zero-order valence-corrected chi connectivity index (χ0v) is 15.0. The van der Waals surface area contributed by atoms with Crippen molar-refractivity contribution in [2.45, 2.75) is 38.5 Å². The van der Waals surface area contributed by atoms with Gasteiger partial charge >= 0.3 is 29.6 Å². The van der Waals surface area contributed by atoms with Gasteiger partial charge in [0, 0.05) is 12.2 Å². The van der Waals surface area contributed by atoms with Crippen LogP contribution < -0.4 is 34.9 Å². The summed E-state index contributed by atoms with van der Waals surface area (Å²) in [5, 5.41) is 3.35. The Labute approximate surface area is 145 Å². The monoisotopic (exact) mass is 309 g/mol. The number of benzene rings is 1. The topological polar surface area (TPSA) is 66.4 Å². The first-order valence-corrected chi connectivity index (χ1v) is 8.43. The van der Waals surface area contributed by atoms with Crippen molar-refractivity contribution in [1.82, 2.24) is 0 Å². The van der Waals surface area contributed by atoms with Crippen molar-refractivity contribution in [3.05, 3.63) is 30.3 Å². The Kier molecular flexibility index (Phi) is 11.5. The predicted molar refractivity (Wildman–Crippen MR) is 80.2 cm³/mol. The normalized spacial score (nSPS) is 10.8. The molecule has 4 nitrogen and oxygen atoms in total. The molecule has 0 aromatic heterocycles. The fourth-order valence-electron chi connectivity index (χ4n) is 1.91. The maximum Gasteiger partial charge on any atom is 1.00 e. The van der Waals surface area contributed by atoms with Crippen molar-refractivity contribution < 1.29 is 44.0 Å². The summed E-state index contributed by atoms with van der Waals surface area (Å²) in [7, 11) is -3.77. The van der Waals surface area contributed by atoms with Gasteiger partial charge in [-0.15, -0.1) is 0 Å². The molecule has 1 rings (SSSR count). The molecule has 110 valence electrons. The molecule has 0 spiro atoms. The van der Waals surface area contributed by atoms with Gasteiger partial charge in [-0.3, -0.25) is 4.55 Å². The summed E-state index contributed by atoms with van der Waals surface area (Å²) in [5.74, 6) is -0.109. The molecule has 1 aromatic carbocycles. The average Bonchev–Trinajstić information content (AvgIpc) is 2.37. The van der Waals surface area contributed by atoms with Crippen molar-refractivity contribution >= 4 is 15.8 Å². The molecule has 0 unspecified atom stereocenters. The van der Waals surface area contributed by atoms with Crippen LogP contribution in [0.15, 0.2) is 30.3 Å². The Morgan fingerprint density at radius 1 is 0.950 bits per heavy atom. The van der Waals surface area contributed by atoms with Crippen LogP contribution in [0.2, 0.25) is 0 Å². The third-order valence-electron chi connectivity index (χ3n) is 2.93. The van der Waals surface area contributed by atoms with Crippen molar-refractivity contribution in [3.8, 4) is 0 Å². The van der Waals surface area contributed by atoms with E-state index in [2.05, 4.69) is 17.4 Å². The number of anilines is 1. The van der Waals surface area contributed by atoms with Crippen LogP contribution in [0.1, 0.15) is 40.0 Å². The van der Waals surface area contributed by atoms with E-state index in [9.17, 15) is 8.42 Å². The van der Waals surface area contributed by atoms with Gasteiger partial charge in [-0.1, -0.05) is 43.9 Å². The Morgan fingerprint density at radius 2 is 1.50 bits per heavy atom. The number of hydrogen-bond donors (Lipinski definition) is 2. The third-order valence-corrected chi connectivity index (χ3v) is 3.74. The summed E-state index contributed by atoms with van der Waals surface area (Å²) in [6.45, 7) is 0.967. The van der Waals surface area contributed by atoms with Crippen molar-refractivity contribution in [1.29, 1.82) is 0 Å². The van der Waals surface area contributed by atoms with E-state index < -0.39 is 10.1 Å². The van der Waals surface area contributed by atoms with Crippen LogP contribution in [0.4, 0.5) is 5.69 Å². The van der Waals surface area contributed by atoms with Crippen LogP contribution >= 0.6 is 0 Å². The molecule has 6 heteroatoms. The van der Waals surface area contributed by atoms with Crippen LogP contribution in [0, 0.1) is 0 Å². The van der Waals surface area contributed by atoms with Gasteiger partial charge in [0.2, 0.25) is 0 Å². The van der Waals surface area contributed by atoms with Gasteiger partial charge in [-0.05, 0) is 25.0 Å². The van der Waals surface area contributed by atoms with Gasteiger partial charge in [0.15, 0.2) is 0 Å². The summed E-state index contributed by atoms with van der Waals surface area (Å²) in [6, 6.07) is 10.1. The SMILES string of the molecule is O=S(=O)(O)CCCCCCCCNc1ccccc1.[H-].[Na+]. The van der Waals surface area contributed by atoms with Crippen molar-refractivity contribution in [2.24, 2.45) is 0 Å². The van der Waals surface area contributed by atoms with Crippen LogP contribution in [0.5, 0.6) is 0 Å². The molecule has 0 fully saturated rings. The molecule has 0 bridgehead atoms. The second kappa shape index (κ2) is 11.6. The minimum Gasteiger partial charge on any atom is -1.00 e. The first kappa shape index (κ1) is 19.9. The summed E-state index contributed by atoms with van der Waals surface area (Å²) in [5.41, 5.74) is 1.15. The first-order chi connectivity index (χ1) is 9.08. The van der Waals surface area contributed by atoms with Crippen molar-refractivity contribution in [3.63, 3.8) is 0 Å². The number of para-hydroxylation sites is 1. The molecular weight excluding hydrogens is 285 g/mol. The number of unbranched alkanes of at least 4 members (excludes halogenated alkanes) is 5. The fraction of sp³-hybridized carbons (Fsp3) is 0.571. The predicted octanol–water partition coefficient (Wildman–Crippen LogP) is 0.443.